The third-order valence-electron chi connectivity index (χ3n) is 2.10. The fourth-order valence-corrected chi connectivity index (χ4v) is 2.05. The van der Waals surface area contributed by atoms with Crippen LogP contribution in [0.1, 0.15) is 15.4 Å². The van der Waals surface area contributed by atoms with Crippen LogP contribution in [-0.4, -0.2) is 11.3 Å². The molecule has 0 bridgehead atoms. The average Bonchev–Trinajstić information content (AvgIpc) is 2.76. The summed E-state index contributed by atoms with van der Waals surface area (Å²) in [4.78, 5) is 14.8. The van der Waals surface area contributed by atoms with E-state index in [9.17, 15) is 18.0 Å². The monoisotopic (exact) mass is 257 g/mol. The Kier molecular flexibility index (Phi) is 2.97. The second-order valence-electron chi connectivity index (χ2n) is 3.26. The molecule has 88 valence electrons. The van der Waals surface area contributed by atoms with Gasteiger partial charge in [0.15, 0.2) is 11.3 Å². The molecule has 0 unspecified atom stereocenters. The van der Waals surface area contributed by atoms with Gasteiger partial charge in [0.1, 0.15) is 0 Å². The molecule has 0 atom stereocenters. The van der Waals surface area contributed by atoms with Crippen molar-refractivity contribution in [2.75, 3.05) is 0 Å². The maximum Gasteiger partial charge on any atom is 0.416 e. The van der Waals surface area contributed by atoms with Crippen LogP contribution in [0.5, 0.6) is 0 Å². The van der Waals surface area contributed by atoms with Crippen LogP contribution in [0.4, 0.5) is 13.2 Å². The van der Waals surface area contributed by atoms with E-state index < -0.39 is 11.7 Å². The largest absolute Gasteiger partial charge is 0.416 e. The molecule has 0 saturated carbocycles. The number of hydrogen-bond acceptors (Lipinski definition) is 3. The Bertz CT molecular complexity index is 548. The molecule has 0 saturated heterocycles. The van der Waals surface area contributed by atoms with Gasteiger partial charge in [-0.05, 0) is 17.7 Å². The highest BCUT2D eigenvalue weighted by molar-refractivity contribution is 7.16. The minimum atomic E-state index is -4.37. The summed E-state index contributed by atoms with van der Waals surface area (Å²) in [6.07, 6.45) is -2.40. The van der Waals surface area contributed by atoms with E-state index in [-0.39, 0.29) is 5.01 Å². The van der Waals surface area contributed by atoms with Gasteiger partial charge in [-0.1, -0.05) is 12.1 Å². The molecule has 0 N–H and O–H groups in total. The Morgan fingerprint density at radius 3 is 2.65 bits per heavy atom. The van der Waals surface area contributed by atoms with Gasteiger partial charge in [-0.15, -0.1) is 11.3 Å². The van der Waals surface area contributed by atoms with Gasteiger partial charge in [0, 0.05) is 6.20 Å². The summed E-state index contributed by atoms with van der Waals surface area (Å²) in [5.41, 5.74) is -0.304. The summed E-state index contributed by atoms with van der Waals surface area (Å²) < 4.78 is 37.5. The molecule has 0 radical (unpaired) electrons. The maximum absolute atomic E-state index is 12.5. The summed E-state index contributed by atoms with van der Waals surface area (Å²) >= 11 is 1.06. The molecule has 2 nitrogen and oxygen atoms in total. The minimum absolute atomic E-state index is 0.248. The van der Waals surface area contributed by atoms with Crippen LogP contribution in [0.15, 0.2) is 30.5 Å². The normalized spacial score (nSPS) is 11.5. The highest BCUT2D eigenvalue weighted by Gasteiger charge is 2.30. The Balaban J connectivity index is 2.42. The predicted molar refractivity (Wildman–Crippen MR) is 57.9 cm³/mol. The van der Waals surface area contributed by atoms with Gasteiger partial charge in [0.25, 0.3) is 0 Å². The first kappa shape index (κ1) is 11.8. The van der Waals surface area contributed by atoms with Crippen molar-refractivity contribution in [1.82, 2.24) is 4.98 Å². The Morgan fingerprint density at radius 2 is 2.06 bits per heavy atom. The Hall–Kier alpha value is -1.69. The number of aldehydes is 1. The van der Waals surface area contributed by atoms with Crippen molar-refractivity contribution in [2.24, 2.45) is 0 Å². The van der Waals surface area contributed by atoms with Crippen molar-refractivity contribution >= 4 is 17.6 Å². The first-order valence-corrected chi connectivity index (χ1v) is 5.41. The molecule has 1 aromatic carbocycles. The maximum atomic E-state index is 12.5. The van der Waals surface area contributed by atoms with Gasteiger partial charge in [-0.3, -0.25) is 4.79 Å². The van der Waals surface area contributed by atoms with E-state index in [4.69, 9.17) is 0 Å². The van der Waals surface area contributed by atoms with Gasteiger partial charge in [0.05, 0.1) is 10.4 Å². The van der Waals surface area contributed by atoms with Gasteiger partial charge in [0.2, 0.25) is 0 Å². The molecule has 1 heterocycles. The zero-order valence-electron chi connectivity index (χ0n) is 8.36. The van der Waals surface area contributed by atoms with E-state index in [0.717, 1.165) is 23.5 Å². The third-order valence-corrected chi connectivity index (χ3v) is 3.07. The summed E-state index contributed by atoms with van der Waals surface area (Å²) in [7, 11) is 0. The molecule has 2 rings (SSSR count). The first-order chi connectivity index (χ1) is 8.00. The van der Waals surface area contributed by atoms with Crippen molar-refractivity contribution in [1.29, 1.82) is 0 Å². The molecule has 0 amide bonds. The van der Waals surface area contributed by atoms with Crippen molar-refractivity contribution in [3.8, 4) is 10.4 Å². The molecule has 2 aromatic rings. The number of thiazole rings is 1. The van der Waals surface area contributed by atoms with Crippen molar-refractivity contribution < 1.29 is 18.0 Å². The third kappa shape index (κ3) is 2.52. The lowest BCUT2D eigenvalue weighted by molar-refractivity contribution is -0.137. The van der Waals surface area contributed by atoms with Crippen LogP contribution in [0.25, 0.3) is 10.4 Å². The Labute approximate surface area is 98.7 Å². The quantitative estimate of drug-likeness (QED) is 0.769. The van der Waals surface area contributed by atoms with Crippen molar-refractivity contribution in [3.05, 3.63) is 41.0 Å². The smallest absolute Gasteiger partial charge is 0.295 e. The highest BCUT2D eigenvalue weighted by Crippen LogP contribution is 2.33. The summed E-state index contributed by atoms with van der Waals surface area (Å²) in [6.45, 7) is 0. The fraction of sp³-hybridized carbons (Fsp3) is 0.0909. The van der Waals surface area contributed by atoms with Crippen LogP contribution in [0.3, 0.4) is 0 Å². The van der Waals surface area contributed by atoms with Gasteiger partial charge < -0.3 is 0 Å². The van der Waals surface area contributed by atoms with E-state index in [0.29, 0.717) is 16.7 Å². The Morgan fingerprint density at radius 1 is 1.29 bits per heavy atom. The number of carbonyl (C=O) groups is 1. The molecule has 0 aliphatic rings. The number of rotatable bonds is 2. The van der Waals surface area contributed by atoms with Gasteiger partial charge >= 0.3 is 6.18 Å². The van der Waals surface area contributed by atoms with Gasteiger partial charge in [-0.25, -0.2) is 4.98 Å². The minimum Gasteiger partial charge on any atom is -0.295 e. The SMILES string of the molecule is O=Cc1ncc(-c2cccc(C(F)(F)F)c2)s1. The predicted octanol–water partition coefficient (Wildman–Crippen LogP) is 3.64. The molecule has 0 fully saturated rings. The lowest BCUT2D eigenvalue weighted by atomic mass is 10.1. The van der Waals surface area contributed by atoms with Crippen LogP contribution >= 0.6 is 11.3 Å². The molecular formula is C11H6F3NOS. The molecule has 1 aromatic heterocycles. The number of alkyl halides is 3. The molecular weight excluding hydrogens is 251 g/mol. The fourth-order valence-electron chi connectivity index (χ4n) is 1.32. The van der Waals surface area contributed by atoms with Crippen LogP contribution < -0.4 is 0 Å². The van der Waals surface area contributed by atoms with Crippen LogP contribution in [-0.2, 0) is 6.18 Å². The number of hydrogen-bond donors (Lipinski definition) is 0. The van der Waals surface area contributed by atoms with E-state index in [1.165, 1.54) is 12.3 Å². The number of benzene rings is 1. The average molecular weight is 257 g/mol. The number of nitrogens with zero attached hydrogens (tertiary/aromatic N) is 1. The number of aromatic nitrogens is 1. The van der Waals surface area contributed by atoms with E-state index >= 15 is 0 Å². The molecule has 0 spiro atoms. The van der Waals surface area contributed by atoms with Crippen LogP contribution in [0.2, 0.25) is 0 Å². The topological polar surface area (TPSA) is 30.0 Å². The van der Waals surface area contributed by atoms with Gasteiger partial charge in [-0.2, -0.15) is 13.2 Å². The zero-order chi connectivity index (χ0) is 12.5. The molecule has 6 heteroatoms. The standard InChI is InChI=1S/C11H6F3NOS/c12-11(13,14)8-3-1-2-7(4-8)9-5-15-10(6-16)17-9/h1-6H. The summed E-state index contributed by atoms with van der Waals surface area (Å²) in [5.74, 6) is 0. The first-order valence-electron chi connectivity index (χ1n) is 4.59. The lowest BCUT2D eigenvalue weighted by Crippen LogP contribution is -2.04. The van der Waals surface area contributed by atoms with E-state index in [1.807, 2.05) is 0 Å². The van der Waals surface area contributed by atoms with Crippen molar-refractivity contribution in [3.63, 3.8) is 0 Å². The number of carbonyl (C=O) groups excluding carboxylic acids is 1. The molecule has 17 heavy (non-hydrogen) atoms. The number of halogens is 3. The van der Waals surface area contributed by atoms with Crippen molar-refractivity contribution in [2.45, 2.75) is 6.18 Å². The summed E-state index contributed by atoms with van der Waals surface area (Å²) in [6, 6.07) is 4.93. The van der Waals surface area contributed by atoms with E-state index in [1.54, 1.807) is 6.07 Å². The zero-order valence-corrected chi connectivity index (χ0v) is 9.18. The second kappa shape index (κ2) is 4.29. The highest BCUT2D eigenvalue weighted by atomic mass is 32.1. The molecule has 0 aliphatic carbocycles. The second-order valence-corrected chi connectivity index (χ2v) is 4.32. The summed E-state index contributed by atoms with van der Waals surface area (Å²) in [5, 5.41) is 0.248. The lowest BCUT2D eigenvalue weighted by Gasteiger charge is -2.07. The molecule has 0 aliphatic heterocycles. The van der Waals surface area contributed by atoms with Crippen LogP contribution in [0, 0.1) is 0 Å². The van der Waals surface area contributed by atoms with E-state index in [2.05, 4.69) is 4.98 Å².